The van der Waals surface area contributed by atoms with E-state index in [4.69, 9.17) is 14.5 Å². The standard InChI is InChI=1S/C24H26N4O2S2/c1-5-28-22(17(3)30-21-12-10-20(29-4)11-13-21)26-27-24(28)32-15-19-14-31-23(25-19)18-8-6-16(2)7-9-18/h6-14,17H,5,15H2,1-4H3. The maximum Gasteiger partial charge on any atom is 0.191 e. The molecule has 0 aliphatic carbocycles. The zero-order valence-electron chi connectivity index (χ0n) is 18.6. The molecule has 0 N–H and O–H groups in total. The normalized spacial score (nSPS) is 12.0. The molecule has 0 amide bonds. The summed E-state index contributed by atoms with van der Waals surface area (Å²) in [5, 5.41) is 12.9. The van der Waals surface area contributed by atoms with Gasteiger partial charge in [0.05, 0.1) is 12.8 Å². The smallest absolute Gasteiger partial charge is 0.191 e. The lowest BCUT2D eigenvalue weighted by Crippen LogP contribution is -2.12. The molecular formula is C24H26N4O2S2. The molecule has 8 heteroatoms. The molecule has 0 aliphatic rings. The minimum absolute atomic E-state index is 0.224. The fourth-order valence-corrected chi connectivity index (χ4v) is 5.09. The molecular weight excluding hydrogens is 440 g/mol. The van der Waals surface area contributed by atoms with E-state index in [-0.39, 0.29) is 6.10 Å². The Hall–Kier alpha value is -2.84. The molecule has 4 aromatic rings. The van der Waals surface area contributed by atoms with Crippen molar-refractivity contribution in [2.24, 2.45) is 0 Å². The van der Waals surface area contributed by atoms with E-state index in [0.29, 0.717) is 0 Å². The van der Waals surface area contributed by atoms with Gasteiger partial charge in [-0.1, -0.05) is 41.6 Å². The van der Waals surface area contributed by atoms with Crippen LogP contribution < -0.4 is 9.47 Å². The molecule has 0 aliphatic heterocycles. The highest BCUT2D eigenvalue weighted by atomic mass is 32.2. The van der Waals surface area contributed by atoms with Crippen LogP contribution in [0.2, 0.25) is 0 Å². The van der Waals surface area contributed by atoms with E-state index < -0.39 is 0 Å². The Morgan fingerprint density at radius 1 is 1.03 bits per heavy atom. The summed E-state index contributed by atoms with van der Waals surface area (Å²) in [5.74, 6) is 3.12. The van der Waals surface area contributed by atoms with E-state index in [0.717, 1.165) is 51.0 Å². The first-order valence-corrected chi connectivity index (χ1v) is 12.3. The van der Waals surface area contributed by atoms with Crippen LogP contribution in [0.3, 0.4) is 0 Å². The largest absolute Gasteiger partial charge is 0.497 e. The van der Waals surface area contributed by atoms with Crippen LogP contribution in [-0.4, -0.2) is 26.9 Å². The molecule has 2 heterocycles. The molecule has 2 aromatic carbocycles. The average Bonchev–Trinajstić information content (AvgIpc) is 3.45. The Labute approximate surface area is 196 Å². The fourth-order valence-electron chi connectivity index (χ4n) is 3.26. The summed E-state index contributed by atoms with van der Waals surface area (Å²) in [6, 6.07) is 16.0. The molecule has 0 fully saturated rings. The molecule has 2 aromatic heterocycles. The van der Waals surface area contributed by atoms with Crippen LogP contribution in [0, 0.1) is 6.92 Å². The van der Waals surface area contributed by atoms with Gasteiger partial charge in [0.2, 0.25) is 0 Å². The van der Waals surface area contributed by atoms with Crippen LogP contribution in [-0.2, 0) is 12.3 Å². The summed E-state index contributed by atoms with van der Waals surface area (Å²) in [5.41, 5.74) is 3.45. The topological polar surface area (TPSA) is 62.1 Å². The van der Waals surface area contributed by atoms with Crippen LogP contribution >= 0.6 is 23.1 Å². The highest BCUT2D eigenvalue weighted by molar-refractivity contribution is 7.98. The van der Waals surface area contributed by atoms with E-state index in [1.165, 1.54) is 5.56 Å². The summed E-state index contributed by atoms with van der Waals surface area (Å²) in [4.78, 5) is 4.80. The fraction of sp³-hybridized carbons (Fsp3) is 0.292. The van der Waals surface area contributed by atoms with Crippen molar-refractivity contribution in [2.45, 2.75) is 44.3 Å². The van der Waals surface area contributed by atoms with Gasteiger partial charge in [-0.3, -0.25) is 0 Å². The second kappa shape index (κ2) is 10.2. The highest BCUT2D eigenvalue weighted by Crippen LogP contribution is 2.29. The molecule has 4 rings (SSSR count). The monoisotopic (exact) mass is 466 g/mol. The third kappa shape index (κ3) is 5.14. The average molecular weight is 467 g/mol. The molecule has 0 radical (unpaired) electrons. The summed E-state index contributed by atoms with van der Waals surface area (Å²) in [6.07, 6.45) is -0.224. The van der Waals surface area contributed by atoms with E-state index in [1.807, 2.05) is 31.2 Å². The van der Waals surface area contributed by atoms with Gasteiger partial charge in [0.1, 0.15) is 16.5 Å². The van der Waals surface area contributed by atoms with Gasteiger partial charge in [-0.2, -0.15) is 0 Å². The van der Waals surface area contributed by atoms with Gasteiger partial charge in [-0.15, -0.1) is 21.5 Å². The first kappa shape index (κ1) is 22.4. The third-order valence-electron chi connectivity index (χ3n) is 5.00. The number of thiazole rings is 1. The van der Waals surface area contributed by atoms with Gasteiger partial charge >= 0.3 is 0 Å². The number of aryl methyl sites for hydroxylation is 1. The summed E-state index contributed by atoms with van der Waals surface area (Å²) < 4.78 is 13.4. The van der Waals surface area contributed by atoms with Crippen molar-refractivity contribution in [2.75, 3.05) is 7.11 Å². The van der Waals surface area contributed by atoms with Crippen molar-refractivity contribution in [1.82, 2.24) is 19.7 Å². The molecule has 0 bridgehead atoms. The number of benzene rings is 2. The maximum absolute atomic E-state index is 6.08. The number of thioether (sulfide) groups is 1. The minimum atomic E-state index is -0.224. The molecule has 6 nitrogen and oxygen atoms in total. The van der Waals surface area contributed by atoms with Crippen LogP contribution in [0.15, 0.2) is 59.1 Å². The van der Waals surface area contributed by atoms with E-state index >= 15 is 0 Å². The number of hydrogen-bond acceptors (Lipinski definition) is 7. The van der Waals surface area contributed by atoms with Crippen molar-refractivity contribution in [3.05, 3.63) is 71.0 Å². The van der Waals surface area contributed by atoms with E-state index in [9.17, 15) is 0 Å². The summed E-state index contributed by atoms with van der Waals surface area (Å²) in [6.45, 7) is 6.94. The maximum atomic E-state index is 6.08. The molecule has 32 heavy (non-hydrogen) atoms. The van der Waals surface area contributed by atoms with Crippen LogP contribution in [0.4, 0.5) is 0 Å². The summed E-state index contributed by atoms with van der Waals surface area (Å²) >= 11 is 3.32. The Bertz CT molecular complexity index is 1150. The molecule has 1 atom stereocenters. The SMILES string of the molecule is CCn1c(SCc2csc(-c3ccc(C)cc3)n2)nnc1C(C)Oc1ccc(OC)cc1. The zero-order valence-corrected chi connectivity index (χ0v) is 20.2. The van der Waals surface area contributed by atoms with Gasteiger partial charge in [0.15, 0.2) is 17.1 Å². The van der Waals surface area contributed by atoms with Crippen molar-refractivity contribution >= 4 is 23.1 Å². The molecule has 0 saturated carbocycles. The van der Waals surface area contributed by atoms with Gasteiger partial charge in [0.25, 0.3) is 0 Å². The second-order valence-electron chi connectivity index (χ2n) is 7.32. The molecule has 0 saturated heterocycles. The van der Waals surface area contributed by atoms with E-state index in [1.54, 1.807) is 30.2 Å². The van der Waals surface area contributed by atoms with Crippen LogP contribution in [0.25, 0.3) is 10.6 Å². The Kier molecular flexibility index (Phi) is 7.12. The third-order valence-corrected chi connectivity index (χ3v) is 6.94. The quantitative estimate of drug-likeness (QED) is 0.275. The second-order valence-corrected chi connectivity index (χ2v) is 9.12. The van der Waals surface area contributed by atoms with Crippen molar-refractivity contribution < 1.29 is 9.47 Å². The first-order valence-electron chi connectivity index (χ1n) is 10.5. The molecule has 0 spiro atoms. The molecule has 166 valence electrons. The van der Waals surface area contributed by atoms with Gasteiger partial charge in [-0.25, -0.2) is 4.98 Å². The summed E-state index contributed by atoms with van der Waals surface area (Å²) in [7, 11) is 1.65. The lowest BCUT2D eigenvalue weighted by molar-refractivity contribution is 0.209. The van der Waals surface area contributed by atoms with Gasteiger partial charge < -0.3 is 14.0 Å². The number of methoxy groups -OCH3 is 1. The van der Waals surface area contributed by atoms with Crippen LogP contribution in [0.5, 0.6) is 11.5 Å². The predicted molar refractivity (Wildman–Crippen MR) is 130 cm³/mol. The zero-order chi connectivity index (χ0) is 22.5. The molecule has 1 unspecified atom stereocenters. The predicted octanol–water partition coefficient (Wildman–Crippen LogP) is 6.17. The number of nitrogens with zero attached hydrogens (tertiary/aromatic N) is 4. The number of ether oxygens (including phenoxy) is 2. The Morgan fingerprint density at radius 2 is 1.75 bits per heavy atom. The highest BCUT2D eigenvalue weighted by Gasteiger charge is 2.19. The number of aromatic nitrogens is 4. The van der Waals surface area contributed by atoms with E-state index in [2.05, 4.69) is 58.3 Å². The Morgan fingerprint density at radius 3 is 2.44 bits per heavy atom. The van der Waals surface area contributed by atoms with Gasteiger partial charge in [0, 0.05) is 23.2 Å². The number of rotatable bonds is 9. The minimum Gasteiger partial charge on any atom is -0.497 e. The lowest BCUT2D eigenvalue weighted by atomic mass is 10.2. The van der Waals surface area contributed by atoms with Gasteiger partial charge in [-0.05, 0) is 45.0 Å². The van der Waals surface area contributed by atoms with Crippen LogP contribution in [0.1, 0.15) is 37.0 Å². The first-order chi connectivity index (χ1) is 15.6. The lowest BCUT2D eigenvalue weighted by Gasteiger charge is -2.15. The van der Waals surface area contributed by atoms with Crippen molar-refractivity contribution in [3.63, 3.8) is 0 Å². The van der Waals surface area contributed by atoms with Crippen molar-refractivity contribution in [1.29, 1.82) is 0 Å². The Balaban J connectivity index is 1.42. The van der Waals surface area contributed by atoms with Crippen molar-refractivity contribution in [3.8, 4) is 22.1 Å². The number of hydrogen-bond donors (Lipinski definition) is 0.